The van der Waals surface area contributed by atoms with Gasteiger partial charge in [0, 0.05) is 11.9 Å². The van der Waals surface area contributed by atoms with E-state index in [1.54, 1.807) is 6.21 Å². The van der Waals surface area contributed by atoms with Crippen LogP contribution >= 0.6 is 0 Å². The Balaban J connectivity index is 0.000001000. The Kier molecular flexibility index (Phi) is 3.14. The van der Waals surface area contributed by atoms with Crippen molar-refractivity contribution in [2.24, 2.45) is 10.9 Å². The molecule has 2 heteroatoms. The fraction of sp³-hybridized carbons (Fsp3) is 0.333. The van der Waals surface area contributed by atoms with E-state index in [1.807, 2.05) is 18.2 Å². The number of aliphatic imine (C=N–C) groups is 1. The number of hydrogen-bond acceptors (Lipinski definition) is 1. The largest absolute Gasteiger partial charge is 0.260 e. The van der Waals surface area contributed by atoms with Gasteiger partial charge in [-0.15, -0.1) is 5.73 Å². The molecule has 0 unspecified atom stereocenters. The van der Waals surface area contributed by atoms with Gasteiger partial charge in [-0.2, -0.15) is 0 Å². The Hall–Kier alpha value is -2.07. The zero-order valence-corrected chi connectivity index (χ0v) is 8.74. The van der Waals surface area contributed by atoms with Gasteiger partial charge in [0.25, 0.3) is 0 Å². The molecule has 0 N–H and O–H groups in total. The van der Waals surface area contributed by atoms with Gasteiger partial charge < -0.3 is 0 Å². The van der Waals surface area contributed by atoms with Crippen LogP contribution in [0.3, 0.4) is 0 Å². The minimum Gasteiger partial charge on any atom is -0.260 e. The predicted octanol–water partition coefficient (Wildman–Crippen LogP) is 2.32. The third-order valence-electron chi connectivity index (χ3n) is 1.34. The number of hydrogen-bond donors (Lipinski definition) is 0. The van der Waals surface area contributed by atoms with E-state index in [0.29, 0.717) is 5.92 Å². The SMILES string of the molecule is CC(C)C1=CC=C=CC=N1.[Lr]. The van der Waals surface area contributed by atoms with Gasteiger partial charge in [0.1, 0.15) is 0 Å². The second-order valence-corrected chi connectivity index (χ2v) is 2.52. The van der Waals surface area contributed by atoms with Crippen LogP contribution in [0.1, 0.15) is 13.8 Å². The summed E-state index contributed by atoms with van der Waals surface area (Å²) < 4.78 is 0. The third kappa shape index (κ3) is 2.33. The Morgan fingerprint density at radius 1 is 1.36 bits per heavy atom. The minimum atomic E-state index is 0. The van der Waals surface area contributed by atoms with Crippen molar-refractivity contribution in [2.45, 2.75) is 13.8 Å². The predicted molar refractivity (Wildman–Crippen MR) is 44.1 cm³/mol. The maximum absolute atomic E-state index is 4.21. The van der Waals surface area contributed by atoms with E-state index in [4.69, 9.17) is 0 Å². The summed E-state index contributed by atoms with van der Waals surface area (Å²) in [6, 6.07) is 0. The Morgan fingerprint density at radius 3 is 2.73 bits per heavy atom. The summed E-state index contributed by atoms with van der Waals surface area (Å²) in [4.78, 5) is 4.21. The first-order chi connectivity index (χ1) is 4.80. The molecule has 0 bridgehead atoms. The van der Waals surface area contributed by atoms with E-state index in [9.17, 15) is 0 Å². The van der Waals surface area contributed by atoms with Gasteiger partial charge >= 0.3 is 0 Å². The van der Waals surface area contributed by atoms with Crippen LogP contribution in [0.4, 0.5) is 0 Å². The topological polar surface area (TPSA) is 12.4 Å². The molecule has 0 saturated heterocycles. The van der Waals surface area contributed by atoms with Crippen LogP contribution in [0.2, 0.25) is 0 Å². The van der Waals surface area contributed by atoms with Gasteiger partial charge in [-0.3, -0.25) is 4.99 Å². The van der Waals surface area contributed by atoms with Gasteiger partial charge in [-0.1, -0.05) is 13.8 Å². The number of allylic oxidation sites excluding steroid dienone is 3. The van der Waals surface area contributed by atoms with Crippen LogP contribution in [0, 0.1) is 5.92 Å². The van der Waals surface area contributed by atoms with Crippen LogP contribution in [-0.4, -0.2) is 6.21 Å². The van der Waals surface area contributed by atoms with Crippen molar-refractivity contribution < 1.29 is 0 Å². The molecule has 1 rings (SSSR count). The molecule has 67 valence electrons. The Labute approximate surface area is 61.5 Å². The van der Waals surface area contributed by atoms with Crippen LogP contribution in [0.15, 0.2) is 34.6 Å². The van der Waals surface area contributed by atoms with Crippen LogP contribution in [0.25, 0.3) is 0 Å². The zero-order valence-electron chi connectivity index (χ0n) is 6.59. The summed E-state index contributed by atoms with van der Waals surface area (Å²) in [6.45, 7) is 4.25. The maximum Gasteiger partial charge on any atom is 0.0435 e. The average Bonchev–Trinajstić information content (AvgIpc) is 2.12. The van der Waals surface area contributed by atoms with E-state index < -0.39 is 0 Å². The third-order valence-corrected chi connectivity index (χ3v) is 1.34. The maximum atomic E-state index is 4.21. The molecule has 0 amide bonds. The van der Waals surface area contributed by atoms with Crippen molar-refractivity contribution in [1.82, 2.24) is 0 Å². The van der Waals surface area contributed by atoms with Gasteiger partial charge in [0.2, 0.25) is 0 Å². The molecule has 0 spiro atoms. The van der Waals surface area contributed by atoms with Gasteiger partial charge in [0.15, 0.2) is 0 Å². The second kappa shape index (κ2) is 3.86. The van der Waals surface area contributed by atoms with Gasteiger partial charge in [-0.05, 0) is 24.1 Å². The quantitative estimate of drug-likeness (QED) is 0.605. The molecule has 1 radical (unpaired) electrons. The molecule has 0 atom stereocenters. The van der Waals surface area contributed by atoms with E-state index in [2.05, 4.69) is 24.6 Å². The molecule has 11 heavy (non-hydrogen) atoms. The second-order valence-electron chi connectivity index (χ2n) is 2.52. The van der Waals surface area contributed by atoms with Crippen molar-refractivity contribution in [2.75, 3.05) is 0 Å². The smallest absolute Gasteiger partial charge is 0.0435 e. The zero-order chi connectivity index (χ0) is 7.40. The first kappa shape index (κ1) is 8.93. The summed E-state index contributed by atoms with van der Waals surface area (Å²) in [7, 11) is 0. The summed E-state index contributed by atoms with van der Waals surface area (Å²) in [6.07, 6.45) is 7.47. The summed E-state index contributed by atoms with van der Waals surface area (Å²) in [5, 5.41) is 0. The molecule has 1 heterocycles. The molecule has 0 aliphatic carbocycles. The molecular formula is C9H11LrN. The van der Waals surface area contributed by atoms with Crippen LogP contribution < -0.4 is 0 Å². The number of rotatable bonds is 1. The van der Waals surface area contributed by atoms with E-state index in [1.165, 1.54) is 0 Å². The summed E-state index contributed by atoms with van der Waals surface area (Å²) in [5.74, 6) is 0.501. The Bertz CT molecular complexity index is 230. The molecular weight excluding hydrogens is 384 g/mol. The molecule has 0 saturated carbocycles. The molecule has 0 fully saturated rings. The molecule has 0 aromatic rings. The molecule has 1 nitrogen and oxygen atoms in total. The fourth-order valence-corrected chi connectivity index (χ4v) is 0.740. The van der Waals surface area contributed by atoms with Crippen molar-refractivity contribution in [3.8, 4) is 0 Å². The first-order valence-corrected chi connectivity index (χ1v) is 3.46. The van der Waals surface area contributed by atoms with Crippen LogP contribution in [0.5, 0.6) is 0 Å². The fourth-order valence-electron chi connectivity index (χ4n) is 0.740. The van der Waals surface area contributed by atoms with Crippen molar-refractivity contribution in [3.63, 3.8) is 0 Å². The monoisotopic (exact) mass is 395 g/mol. The number of nitrogens with zero attached hydrogens (tertiary/aromatic N) is 1. The van der Waals surface area contributed by atoms with E-state index >= 15 is 0 Å². The molecule has 1 aliphatic rings. The van der Waals surface area contributed by atoms with Crippen molar-refractivity contribution in [3.05, 3.63) is 29.7 Å². The summed E-state index contributed by atoms with van der Waals surface area (Å²) >= 11 is 0. The average molecular weight is 395 g/mol. The standard InChI is InChI=1S/C9H11N.Lr/c1-8(2)9-6-4-3-5-7-10-9;/h4-8H,1-2H3;. The first-order valence-electron chi connectivity index (χ1n) is 3.46. The minimum absolute atomic E-state index is 0. The van der Waals surface area contributed by atoms with Gasteiger partial charge in [-0.25, -0.2) is 0 Å². The van der Waals surface area contributed by atoms with Crippen molar-refractivity contribution >= 4 is 6.21 Å². The molecule has 0 aromatic carbocycles. The molecule has 0 aromatic heterocycles. The van der Waals surface area contributed by atoms with E-state index in [-0.39, 0.29) is 0 Å². The summed E-state index contributed by atoms with van der Waals surface area (Å²) in [5.41, 5.74) is 4.07. The van der Waals surface area contributed by atoms with Crippen molar-refractivity contribution in [1.29, 1.82) is 0 Å². The van der Waals surface area contributed by atoms with Crippen LogP contribution in [-0.2, 0) is 0 Å². The molecule has 1 aliphatic heterocycles. The van der Waals surface area contributed by atoms with Gasteiger partial charge in [0.05, 0.1) is 0 Å². The normalized spacial score (nSPS) is 14.3. The van der Waals surface area contributed by atoms with E-state index in [0.717, 1.165) is 5.70 Å². The Morgan fingerprint density at radius 2 is 2.09 bits per heavy atom.